The lowest BCUT2D eigenvalue weighted by molar-refractivity contribution is -0.139. The van der Waals surface area contributed by atoms with E-state index in [1.54, 1.807) is 36.1 Å². The number of rotatable bonds is 7. The van der Waals surface area contributed by atoms with Crippen molar-refractivity contribution in [3.63, 3.8) is 0 Å². The van der Waals surface area contributed by atoms with Crippen molar-refractivity contribution in [2.24, 2.45) is 0 Å². The molecule has 7 heteroatoms. The largest absolute Gasteiger partial charge is 0.481 e. The van der Waals surface area contributed by atoms with E-state index < -0.39 is 6.10 Å². The molecule has 2 amide bonds. The second-order valence-electron chi connectivity index (χ2n) is 6.70. The minimum atomic E-state index is -0.575. The van der Waals surface area contributed by atoms with Gasteiger partial charge in [-0.25, -0.2) is 0 Å². The van der Waals surface area contributed by atoms with Crippen LogP contribution in [0.1, 0.15) is 27.2 Å². The summed E-state index contributed by atoms with van der Waals surface area (Å²) >= 11 is 5.94. The van der Waals surface area contributed by atoms with Gasteiger partial charge in [0.25, 0.3) is 5.91 Å². The highest BCUT2D eigenvalue weighted by Gasteiger charge is 2.26. The summed E-state index contributed by atoms with van der Waals surface area (Å²) in [4.78, 5) is 28.4. The van der Waals surface area contributed by atoms with Gasteiger partial charge in [0, 0.05) is 37.2 Å². The minimum Gasteiger partial charge on any atom is -0.481 e. The van der Waals surface area contributed by atoms with E-state index in [4.69, 9.17) is 16.3 Å². The molecule has 0 bridgehead atoms. The first-order valence-electron chi connectivity index (χ1n) is 9.11. The van der Waals surface area contributed by atoms with Crippen LogP contribution in [-0.4, -0.2) is 66.5 Å². The average Bonchev–Trinajstić information content (AvgIpc) is 2.61. The number of halogens is 1. The SMILES string of the molecule is CCC(C)NC(=O)CN1CCN(C(=O)C(C)Oc2cccc(Cl)c2)CC1. The number of nitrogens with one attached hydrogen (secondary N) is 1. The van der Waals surface area contributed by atoms with Gasteiger partial charge < -0.3 is 15.0 Å². The van der Waals surface area contributed by atoms with Gasteiger partial charge >= 0.3 is 0 Å². The smallest absolute Gasteiger partial charge is 0.263 e. The molecule has 144 valence electrons. The van der Waals surface area contributed by atoms with E-state index in [9.17, 15) is 9.59 Å². The van der Waals surface area contributed by atoms with Crippen LogP contribution in [0.25, 0.3) is 0 Å². The van der Waals surface area contributed by atoms with Crippen LogP contribution in [0.5, 0.6) is 5.75 Å². The number of piperazine rings is 1. The number of ether oxygens (including phenoxy) is 1. The summed E-state index contributed by atoms with van der Waals surface area (Å²) in [7, 11) is 0. The highest BCUT2D eigenvalue weighted by atomic mass is 35.5. The van der Waals surface area contributed by atoms with Gasteiger partial charge in [0.15, 0.2) is 6.10 Å². The Kier molecular flexibility index (Phi) is 7.72. The molecule has 0 radical (unpaired) electrons. The maximum absolute atomic E-state index is 12.6. The zero-order chi connectivity index (χ0) is 19.1. The third kappa shape index (κ3) is 6.18. The molecule has 2 atom stereocenters. The highest BCUT2D eigenvalue weighted by Crippen LogP contribution is 2.19. The molecule has 0 aromatic heterocycles. The Morgan fingerprint density at radius 2 is 1.92 bits per heavy atom. The Labute approximate surface area is 160 Å². The van der Waals surface area contributed by atoms with Crippen molar-refractivity contribution in [3.05, 3.63) is 29.3 Å². The predicted octanol–water partition coefficient (Wildman–Crippen LogP) is 2.17. The van der Waals surface area contributed by atoms with Gasteiger partial charge in [0.05, 0.1) is 6.54 Å². The quantitative estimate of drug-likeness (QED) is 0.786. The monoisotopic (exact) mass is 381 g/mol. The summed E-state index contributed by atoms with van der Waals surface area (Å²) in [6.45, 7) is 8.72. The average molecular weight is 382 g/mol. The molecule has 1 N–H and O–H groups in total. The van der Waals surface area contributed by atoms with Crippen molar-refractivity contribution in [3.8, 4) is 5.75 Å². The molecule has 0 saturated carbocycles. The number of nitrogens with zero attached hydrogens (tertiary/aromatic N) is 2. The maximum Gasteiger partial charge on any atom is 0.263 e. The molecular weight excluding hydrogens is 354 g/mol. The Morgan fingerprint density at radius 1 is 1.23 bits per heavy atom. The molecule has 2 unspecified atom stereocenters. The zero-order valence-electron chi connectivity index (χ0n) is 15.7. The fourth-order valence-electron chi connectivity index (χ4n) is 2.80. The van der Waals surface area contributed by atoms with Crippen LogP contribution in [0.2, 0.25) is 5.02 Å². The van der Waals surface area contributed by atoms with Crippen molar-refractivity contribution in [1.29, 1.82) is 0 Å². The van der Waals surface area contributed by atoms with Crippen LogP contribution in [0.15, 0.2) is 24.3 Å². The first kappa shape index (κ1) is 20.5. The molecule has 1 aliphatic heterocycles. The Balaban J connectivity index is 1.77. The third-order valence-electron chi connectivity index (χ3n) is 4.53. The van der Waals surface area contributed by atoms with Crippen LogP contribution in [0, 0.1) is 0 Å². The third-order valence-corrected chi connectivity index (χ3v) is 4.76. The maximum atomic E-state index is 12.6. The number of carbonyl (C=O) groups is 2. The lowest BCUT2D eigenvalue weighted by atomic mass is 10.2. The van der Waals surface area contributed by atoms with E-state index in [1.807, 2.05) is 13.8 Å². The Bertz CT molecular complexity index is 618. The molecule has 0 spiro atoms. The number of carbonyl (C=O) groups excluding carboxylic acids is 2. The molecule has 6 nitrogen and oxygen atoms in total. The van der Waals surface area contributed by atoms with Gasteiger partial charge in [0.2, 0.25) is 5.91 Å². The molecule has 1 aromatic rings. The molecule has 1 aliphatic rings. The lowest BCUT2D eigenvalue weighted by Crippen LogP contribution is -2.53. The zero-order valence-corrected chi connectivity index (χ0v) is 16.5. The van der Waals surface area contributed by atoms with Crippen LogP contribution in [-0.2, 0) is 9.59 Å². The molecule has 1 aromatic carbocycles. The summed E-state index contributed by atoms with van der Waals surface area (Å²) < 4.78 is 5.70. The first-order valence-corrected chi connectivity index (χ1v) is 9.49. The van der Waals surface area contributed by atoms with Gasteiger partial charge in [-0.1, -0.05) is 24.6 Å². The summed E-state index contributed by atoms with van der Waals surface area (Å²) in [6, 6.07) is 7.22. The molecule has 26 heavy (non-hydrogen) atoms. The minimum absolute atomic E-state index is 0.0387. The van der Waals surface area contributed by atoms with Crippen molar-refractivity contribution in [1.82, 2.24) is 15.1 Å². The van der Waals surface area contributed by atoms with Crippen LogP contribution in [0.4, 0.5) is 0 Å². The van der Waals surface area contributed by atoms with Crippen molar-refractivity contribution in [2.45, 2.75) is 39.3 Å². The molecule has 1 heterocycles. The van der Waals surface area contributed by atoms with E-state index in [-0.39, 0.29) is 17.9 Å². The molecule has 1 saturated heterocycles. The van der Waals surface area contributed by atoms with Crippen molar-refractivity contribution >= 4 is 23.4 Å². The van der Waals surface area contributed by atoms with E-state index in [0.29, 0.717) is 43.5 Å². The van der Waals surface area contributed by atoms with Crippen molar-refractivity contribution < 1.29 is 14.3 Å². The standard InChI is InChI=1S/C19H28ClN3O3/c1-4-14(2)21-18(24)13-22-8-10-23(11-9-22)19(25)15(3)26-17-7-5-6-16(20)12-17/h5-7,12,14-15H,4,8-11,13H2,1-3H3,(H,21,24). The first-order chi connectivity index (χ1) is 12.4. The lowest BCUT2D eigenvalue weighted by Gasteiger charge is -2.35. The summed E-state index contributed by atoms with van der Waals surface area (Å²) in [5.41, 5.74) is 0. The van der Waals surface area contributed by atoms with Gasteiger partial charge in [-0.2, -0.15) is 0 Å². The van der Waals surface area contributed by atoms with Gasteiger partial charge in [-0.15, -0.1) is 0 Å². The van der Waals surface area contributed by atoms with Crippen LogP contribution < -0.4 is 10.1 Å². The second kappa shape index (κ2) is 9.78. The Morgan fingerprint density at radius 3 is 2.54 bits per heavy atom. The molecule has 2 rings (SSSR count). The normalized spacial score (nSPS) is 17.5. The fourth-order valence-corrected chi connectivity index (χ4v) is 2.98. The molecule has 1 fully saturated rings. The number of benzene rings is 1. The summed E-state index contributed by atoms with van der Waals surface area (Å²) in [5.74, 6) is 0.573. The summed E-state index contributed by atoms with van der Waals surface area (Å²) in [6.07, 6.45) is 0.340. The Hall–Kier alpha value is -1.79. The number of hydrogen-bond acceptors (Lipinski definition) is 4. The van der Waals surface area contributed by atoms with E-state index >= 15 is 0 Å². The summed E-state index contributed by atoms with van der Waals surface area (Å²) in [5, 5.41) is 3.54. The van der Waals surface area contributed by atoms with Gasteiger partial charge in [-0.05, 0) is 38.5 Å². The molecular formula is C19H28ClN3O3. The molecule has 0 aliphatic carbocycles. The topological polar surface area (TPSA) is 61.9 Å². The highest BCUT2D eigenvalue weighted by molar-refractivity contribution is 6.30. The number of hydrogen-bond donors (Lipinski definition) is 1. The van der Waals surface area contributed by atoms with E-state index in [0.717, 1.165) is 6.42 Å². The predicted molar refractivity (Wildman–Crippen MR) is 102 cm³/mol. The van der Waals surface area contributed by atoms with E-state index in [2.05, 4.69) is 10.2 Å². The second-order valence-corrected chi connectivity index (χ2v) is 7.13. The fraction of sp³-hybridized carbons (Fsp3) is 0.579. The van der Waals surface area contributed by atoms with E-state index in [1.165, 1.54) is 0 Å². The van der Waals surface area contributed by atoms with Gasteiger partial charge in [-0.3, -0.25) is 14.5 Å². The van der Waals surface area contributed by atoms with Crippen molar-refractivity contribution in [2.75, 3.05) is 32.7 Å². The van der Waals surface area contributed by atoms with Crippen LogP contribution >= 0.6 is 11.6 Å². The van der Waals surface area contributed by atoms with Crippen LogP contribution in [0.3, 0.4) is 0 Å². The number of amides is 2. The van der Waals surface area contributed by atoms with Gasteiger partial charge in [0.1, 0.15) is 5.75 Å².